The second-order valence-corrected chi connectivity index (χ2v) is 4.56. The highest BCUT2D eigenvalue weighted by molar-refractivity contribution is 5.88. The second-order valence-electron chi connectivity index (χ2n) is 4.56. The topological polar surface area (TPSA) is 72.1 Å². The maximum absolute atomic E-state index is 11.8. The summed E-state index contributed by atoms with van der Waals surface area (Å²) >= 11 is 0. The fourth-order valence-electron chi connectivity index (χ4n) is 1.99. The van der Waals surface area contributed by atoms with Crippen molar-refractivity contribution in [2.24, 2.45) is 7.05 Å². The van der Waals surface area contributed by atoms with Crippen molar-refractivity contribution in [3.63, 3.8) is 0 Å². The lowest BCUT2D eigenvalue weighted by Gasteiger charge is -2.13. The summed E-state index contributed by atoms with van der Waals surface area (Å²) in [6, 6.07) is 3.25. The molecule has 0 spiro atoms. The molecule has 2 heterocycles. The highest BCUT2D eigenvalue weighted by Gasteiger charge is 2.15. The molecular formula is C13H18N4O2. The fourth-order valence-corrected chi connectivity index (χ4v) is 1.99. The van der Waals surface area contributed by atoms with Crippen LogP contribution >= 0.6 is 0 Å². The van der Waals surface area contributed by atoms with E-state index in [0.717, 1.165) is 17.1 Å². The van der Waals surface area contributed by atoms with Crippen LogP contribution in [0.15, 0.2) is 22.7 Å². The average Bonchev–Trinajstić information content (AvgIpc) is 2.84. The molecule has 0 fully saturated rings. The van der Waals surface area contributed by atoms with Crippen LogP contribution in [-0.4, -0.2) is 15.8 Å². The number of aryl methyl sites for hydroxylation is 3. The lowest BCUT2D eigenvalue weighted by atomic mass is 10.1. The molecule has 6 nitrogen and oxygen atoms in total. The van der Waals surface area contributed by atoms with Gasteiger partial charge < -0.3 is 9.73 Å². The number of nitrogens with zero attached hydrogens (tertiary/aromatic N) is 2. The quantitative estimate of drug-likeness (QED) is 0.892. The van der Waals surface area contributed by atoms with Gasteiger partial charge in [-0.1, -0.05) is 0 Å². The van der Waals surface area contributed by atoms with Gasteiger partial charge in [-0.2, -0.15) is 5.10 Å². The fraction of sp³-hybridized carbons (Fsp3) is 0.385. The molecule has 2 aromatic heterocycles. The predicted octanol–water partition coefficient (Wildman–Crippen LogP) is 2.51. The van der Waals surface area contributed by atoms with Gasteiger partial charge in [-0.05, 0) is 26.8 Å². The average molecular weight is 262 g/mol. The van der Waals surface area contributed by atoms with Crippen LogP contribution in [0.3, 0.4) is 0 Å². The summed E-state index contributed by atoms with van der Waals surface area (Å²) in [6.07, 6.45) is 1.77. The van der Waals surface area contributed by atoms with Gasteiger partial charge in [0.2, 0.25) is 0 Å². The molecular weight excluding hydrogens is 244 g/mol. The lowest BCUT2D eigenvalue weighted by Crippen LogP contribution is -2.31. The van der Waals surface area contributed by atoms with Crippen LogP contribution in [0.5, 0.6) is 0 Å². The number of urea groups is 1. The minimum Gasteiger partial charge on any atom is -0.466 e. The number of furan rings is 1. The van der Waals surface area contributed by atoms with Gasteiger partial charge >= 0.3 is 6.03 Å². The first-order valence-corrected chi connectivity index (χ1v) is 6.10. The van der Waals surface area contributed by atoms with Gasteiger partial charge in [0, 0.05) is 24.9 Å². The van der Waals surface area contributed by atoms with E-state index in [1.807, 2.05) is 26.8 Å². The van der Waals surface area contributed by atoms with E-state index in [0.29, 0.717) is 5.82 Å². The zero-order valence-electron chi connectivity index (χ0n) is 11.5. The molecule has 102 valence electrons. The van der Waals surface area contributed by atoms with E-state index in [1.165, 1.54) is 0 Å². The lowest BCUT2D eigenvalue weighted by molar-refractivity contribution is 0.249. The Hall–Kier alpha value is -2.24. The Bertz CT molecular complexity index is 585. The van der Waals surface area contributed by atoms with E-state index < -0.39 is 0 Å². The van der Waals surface area contributed by atoms with E-state index >= 15 is 0 Å². The standard InChI is InChI=1S/C13H18N4O2/c1-8-7-11(10(3)19-8)9(2)14-13(18)15-12-5-6-17(4)16-12/h5-7,9H,1-4H3,(H2,14,15,16,18)/t9-/m1/s1. The SMILES string of the molecule is Cc1cc([C@@H](C)NC(=O)Nc2ccn(C)n2)c(C)o1. The molecule has 0 aliphatic heterocycles. The van der Waals surface area contributed by atoms with E-state index in [-0.39, 0.29) is 12.1 Å². The number of carbonyl (C=O) groups is 1. The van der Waals surface area contributed by atoms with Crippen LogP contribution in [0.1, 0.15) is 30.0 Å². The van der Waals surface area contributed by atoms with Gasteiger partial charge in [0.15, 0.2) is 5.82 Å². The highest BCUT2D eigenvalue weighted by atomic mass is 16.3. The van der Waals surface area contributed by atoms with Crippen LogP contribution in [0, 0.1) is 13.8 Å². The molecule has 19 heavy (non-hydrogen) atoms. The maximum Gasteiger partial charge on any atom is 0.320 e. The Morgan fingerprint density at radius 3 is 2.74 bits per heavy atom. The molecule has 0 unspecified atom stereocenters. The van der Waals surface area contributed by atoms with Crippen LogP contribution in [-0.2, 0) is 7.05 Å². The summed E-state index contributed by atoms with van der Waals surface area (Å²) in [7, 11) is 1.79. The number of rotatable bonds is 3. The summed E-state index contributed by atoms with van der Waals surface area (Å²) in [4.78, 5) is 11.8. The van der Waals surface area contributed by atoms with Gasteiger partial charge in [-0.15, -0.1) is 0 Å². The minimum atomic E-state index is -0.288. The molecule has 2 aromatic rings. The largest absolute Gasteiger partial charge is 0.466 e. The first-order valence-electron chi connectivity index (χ1n) is 6.10. The van der Waals surface area contributed by atoms with Crippen molar-refractivity contribution < 1.29 is 9.21 Å². The first-order chi connectivity index (χ1) is 8.95. The number of hydrogen-bond donors (Lipinski definition) is 2. The summed E-state index contributed by atoms with van der Waals surface area (Å²) in [5.41, 5.74) is 0.980. The zero-order chi connectivity index (χ0) is 14.0. The molecule has 2 rings (SSSR count). The molecule has 0 bridgehead atoms. The summed E-state index contributed by atoms with van der Waals surface area (Å²) in [5.74, 6) is 2.18. The zero-order valence-corrected chi connectivity index (χ0v) is 11.5. The van der Waals surface area contributed by atoms with Gasteiger partial charge in [0.25, 0.3) is 0 Å². The highest BCUT2D eigenvalue weighted by Crippen LogP contribution is 2.21. The van der Waals surface area contributed by atoms with Crippen LogP contribution in [0.2, 0.25) is 0 Å². The minimum absolute atomic E-state index is 0.124. The molecule has 0 saturated heterocycles. The van der Waals surface area contributed by atoms with E-state index in [2.05, 4.69) is 15.7 Å². The van der Waals surface area contributed by atoms with Crippen LogP contribution < -0.4 is 10.6 Å². The monoisotopic (exact) mass is 262 g/mol. The second kappa shape index (κ2) is 5.17. The third kappa shape index (κ3) is 3.15. The van der Waals surface area contributed by atoms with E-state index in [1.54, 1.807) is 24.0 Å². The Kier molecular flexibility index (Phi) is 3.59. The maximum atomic E-state index is 11.8. The third-order valence-corrected chi connectivity index (χ3v) is 2.85. The van der Waals surface area contributed by atoms with Crippen molar-refractivity contribution in [2.45, 2.75) is 26.8 Å². The van der Waals surface area contributed by atoms with E-state index in [4.69, 9.17) is 4.42 Å². The molecule has 2 amide bonds. The summed E-state index contributed by atoms with van der Waals surface area (Å²) in [6.45, 7) is 5.68. The van der Waals surface area contributed by atoms with Gasteiger partial charge in [-0.25, -0.2) is 4.79 Å². The number of amides is 2. The smallest absolute Gasteiger partial charge is 0.320 e. The van der Waals surface area contributed by atoms with Crippen LogP contribution in [0.25, 0.3) is 0 Å². The Balaban J connectivity index is 1.97. The van der Waals surface area contributed by atoms with Crippen molar-refractivity contribution in [3.8, 4) is 0 Å². The third-order valence-electron chi connectivity index (χ3n) is 2.85. The van der Waals surface area contributed by atoms with Gasteiger partial charge in [0.05, 0.1) is 6.04 Å². The molecule has 6 heteroatoms. The first kappa shape index (κ1) is 13.2. The molecule has 0 aromatic carbocycles. The number of hydrogen-bond acceptors (Lipinski definition) is 3. The molecule has 2 N–H and O–H groups in total. The van der Waals surface area contributed by atoms with Crippen molar-refractivity contribution in [1.29, 1.82) is 0 Å². The van der Waals surface area contributed by atoms with Crippen molar-refractivity contribution in [2.75, 3.05) is 5.32 Å². The number of anilines is 1. The molecule has 0 radical (unpaired) electrons. The summed E-state index contributed by atoms with van der Waals surface area (Å²) in [5, 5.41) is 9.60. The predicted molar refractivity (Wildman–Crippen MR) is 72.0 cm³/mol. The molecule has 0 aliphatic rings. The van der Waals surface area contributed by atoms with Crippen molar-refractivity contribution in [3.05, 3.63) is 35.4 Å². The normalized spacial score (nSPS) is 12.2. The van der Waals surface area contributed by atoms with Gasteiger partial charge in [-0.3, -0.25) is 10.00 Å². The molecule has 1 atom stereocenters. The molecule has 0 aliphatic carbocycles. The van der Waals surface area contributed by atoms with Gasteiger partial charge in [0.1, 0.15) is 11.5 Å². The Labute approximate surface area is 111 Å². The Morgan fingerprint density at radius 2 is 2.21 bits per heavy atom. The van der Waals surface area contributed by atoms with Crippen LogP contribution in [0.4, 0.5) is 10.6 Å². The summed E-state index contributed by atoms with van der Waals surface area (Å²) < 4.78 is 7.08. The Morgan fingerprint density at radius 1 is 1.47 bits per heavy atom. The van der Waals surface area contributed by atoms with Crippen molar-refractivity contribution >= 4 is 11.8 Å². The van der Waals surface area contributed by atoms with Crippen molar-refractivity contribution in [1.82, 2.24) is 15.1 Å². The number of aromatic nitrogens is 2. The number of nitrogens with one attached hydrogen (secondary N) is 2. The number of carbonyl (C=O) groups excluding carboxylic acids is 1. The van der Waals surface area contributed by atoms with E-state index in [9.17, 15) is 4.79 Å². The molecule has 0 saturated carbocycles.